The highest BCUT2D eigenvalue weighted by molar-refractivity contribution is 7.94. The third kappa shape index (κ3) is 3.11. The summed E-state index contributed by atoms with van der Waals surface area (Å²) in [6.45, 7) is 2.09. The van der Waals surface area contributed by atoms with Gasteiger partial charge in [0.15, 0.2) is 4.91 Å². The number of ketones is 2. The van der Waals surface area contributed by atoms with Crippen molar-refractivity contribution in [3.8, 4) is 0 Å². The summed E-state index contributed by atoms with van der Waals surface area (Å²) < 4.78 is 33.2. The van der Waals surface area contributed by atoms with Crippen LogP contribution in [-0.2, 0) is 14.8 Å². The van der Waals surface area contributed by atoms with E-state index >= 15 is 0 Å². The Morgan fingerprint density at radius 3 is 2.04 bits per heavy atom. The van der Waals surface area contributed by atoms with Crippen molar-refractivity contribution in [2.75, 3.05) is 39.4 Å². The van der Waals surface area contributed by atoms with Gasteiger partial charge in [0.1, 0.15) is 5.70 Å². The monoisotopic (exact) mass is 390 g/mol. The first kappa shape index (κ1) is 18.3. The first-order valence-electron chi connectivity index (χ1n) is 9.27. The zero-order valence-electron chi connectivity index (χ0n) is 15.0. The smallest absolute Gasteiger partial charge is 0.249 e. The summed E-state index contributed by atoms with van der Waals surface area (Å²) in [7, 11) is -4.09. The Bertz CT molecular complexity index is 910. The molecule has 0 saturated carbocycles. The molecule has 2 heterocycles. The van der Waals surface area contributed by atoms with Crippen LogP contribution in [0.3, 0.4) is 0 Å². The predicted octanol–water partition coefficient (Wildman–Crippen LogP) is 1.43. The molecule has 0 N–H and O–H groups in total. The van der Waals surface area contributed by atoms with Crippen molar-refractivity contribution < 1.29 is 22.7 Å². The minimum absolute atomic E-state index is 0.0462. The Morgan fingerprint density at radius 2 is 1.41 bits per heavy atom. The largest absolute Gasteiger partial charge is 0.379 e. The van der Waals surface area contributed by atoms with Crippen LogP contribution in [0.2, 0.25) is 0 Å². The normalized spacial score (nSPS) is 22.1. The van der Waals surface area contributed by atoms with Crippen molar-refractivity contribution in [1.82, 2.24) is 9.21 Å². The van der Waals surface area contributed by atoms with Gasteiger partial charge in [-0.1, -0.05) is 24.3 Å². The number of Topliss-reactive ketones (excluding diaryl/α,β-unsaturated/α-hetero) is 2. The van der Waals surface area contributed by atoms with Crippen molar-refractivity contribution in [2.24, 2.45) is 0 Å². The van der Waals surface area contributed by atoms with Crippen LogP contribution in [0.4, 0.5) is 0 Å². The summed E-state index contributed by atoms with van der Waals surface area (Å²) in [6.07, 6.45) is 2.78. The van der Waals surface area contributed by atoms with Gasteiger partial charge in [0, 0.05) is 37.3 Å². The molecule has 1 aromatic rings. The summed E-state index contributed by atoms with van der Waals surface area (Å²) in [5.74, 6) is -0.962. The number of hydrogen-bond donors (Lipinski definition) is 0. The van der Waals surface area contributed by atoms with Crippen LogP contribution in [0.1, 0.15) is 40.0 Å². The molecule has 144 valence electrons. The van der Waals surface area contributed by atoms with Crippen LogP contribution < -0.4 is 0 Å². The number of carbonyl (C=O) groups excluding carboxylic acids is 2. The molecular weight excluding hydrogens is 368 g/mol. The molecule has 8 heteroatoms. The van der Waals surface area contributed by atoms with Crippen LogP contribution in [0, 0.1) is 0 Å². The van der Waals surface area contributed by atoms with Crippen LogP contribution >= 0.6 is 0 Å². The van der Waals surface area contributed by atoms with Crippen LogP contribution in [0.5, 0.6) is 0 Å². The van der Waals surface area contributed by atoms with E-state index in [1.54, 1.807) is 23.1 Å². The molecule has 0 unspecified atom stereocenters. The highest BCUT2D eigenvalue weighted by Gasteiger charge is 2.44. The number of rotatable bonds is 3. The Labute approximate surface area is 158 Å². The lowest BCUT2D eigenvalue weighted by atomic mass is 9.91. The maximum Gasteiger partial charge on any atom is 0.249 e. The highest BCUT2D eigenvalue weighted by Crippen LogP contribution is 2.34. The molecule has 0 aromatic heterocycles. The second-order valence-electron chi connectivity index (χ2n) is 6.95. The summed E-state index contributed by atoms with van der Waals surface area (Å²) >= 11 is 0. The number of benzene rings is 1. The highest BCUT2D eigenvalue weighted by atomic mass is 32.2. The van der Waals surface area contributed by atoms with E-state index in [2.05, 4.69) is 0 Å². The van der Waals surface area contributed by atoms with E-state index in [1.165, 1.54) is 10.4 Å². The van der Waals surface area contributed by atoms with Gasteiger partial charge in [0.05, 0.1) is 13.2 Å². The number of likely N-dealkylation sites (tertiary alicyclic amines) is 1. The third-order valence-electron chi connectivity index (χ3n) is 5.29. The Balaban J connectivity index is 1.89. The molecule has 0 bridgehead atoms. The average Bonchev–Trinajstić information content (AvgIpc) is 2.71. The summed E-state index contributed by atoms with van der Waals surface area (Å²) in [5.41, 5.74) is 0.490. The summed E-state index contributed by atoms with van der Waals surface area (Å²) in [5, 5.41) is 0. The number of morpholine rings is 1. The Hall–Kier alpha value is -2.03. The Morgan fingerprint density at radius 1 is 0.815 bits per heavy atom. The van der Waals surface area contributed by atoms with Gasteiger partial charge >= 0.3 is 0 Å². The van der Waals surface area contributed by atoms with Crippen LogP contribution in [-0.4, -0.2) is 68.6 Å². The minimum Gasteiger partial charge on any atom is -0.379 e. The number of carbonyl (C=O) groups is 2. The van der Waals surface area contributed by atoms with Crippen LogP contribution in [0.15, 0.2) is 34.9 Å². The first-order chi connectivity index (χ1) is 13.0. The van der Waals surface area contributed by atoms with Gasteiger partial charge in [0.2, 0.25) is 21.6 Å². The molecule has 1 aliphatic carbocycles. The summed E-state index contributed by atoms with van der Waals surface area (Å²) in [6, 6.07) is 6.46. The van der Waals surface area contributed by atoms with Crippen molar-refractivity contribution in [3.05, 3.63) is 46.0 Å². The number of ether oxygens (including phenoxy) is 1. The van der Waals surface area contributed by atoms with Gasteiger partial charge in [-0.05, 0) is 19.3 Å². The molecule has 2 fully saturated rings. The average molecular weight is 390 g/mol. The van der Waals surface area contributed by atoms with Gasteiger partial charge in [-0.25, -0.2) is 8.42 Å². The molecule has 0 amide bonds. The lowest BCUT2D eigenvalue weighted by Gasteiger charge is -2.35. The van der Waals surface area contributed by atoms with Crippen molar-refractivity contribution in [1.29, 1.82) is 0 Å². The number of sulfonamides is 1. The van der Waals surface area contributed by atoms with E-state index in [0.29, 0.717) is 13.1 Å². The minimum atomic E-state index is -4.09. The fourth-order valence-electron chi connectivity index (χ4n) is 3.90. The zero-order chi connectivity index (χ0) is 19.0. The molecule has 27 heavy (non-hydrogen) atoms. The second-order valence-corrected chi connectivity index (χ2v) is 8.82. The molecule has 0 spiro atoms. The number of allylic oxidation sites excluding steroid dienone is 2. The quantitative estimate of drug-likeness (QED) is 0.776. The van der Waals surface area contributed by atoms with E-state index < -0.39 is 15.8 Å². The van der Waals surface area contributed by atoms with E-state index in [0.717, 1.165) is 19.3 Å². The topological polar surface area (TPSA) is 84.0 Å². The van der Waals surface area contributed by atoms with Crippen LogP contribution in [0.25, 0.3) is 0 Å². The lowest BCUT2D eigenvalue weighted by Crippen LogP contribution is -2.46. The number of nitrogens with zero attached hydrogens (tertiary/aromatic N) is 2. The molecule has 2 saturated heterocycles. The van der Waals surface area contributed by atoms with Gasteiger partial charge in [-0.2, -0.15) is 4.31 Å². The van der Waals surface area contributed by atoms with Crippen molar-refractivity contribution in [2.45, 2.75) is 19.3 Å². The van der Waals surface area contributed by atoms with Gasteiger partial charge in [-0.15, -0.1) is 0 Å². The third-order valence-corrected chi connectivity index (χ3v) is 7.23. The molecule has 2 aliphatic heterocycles. The van der Waals surface area contributed by atoms with E-state index in [9.17, 15) is 18.0 Å². The zero-order valence-corrected chi connectivity index (χ0v) is 15.8. The maximum atomic E-state index is 13.4. The Kier molecular flexibility index (Phi) is 4.88. The molecule has 7 nitrogen and oxygen atoms in total. The second kappa shape index (κ2) is 7.18. The standard InChI is InChI=1S/C19H22N2O5S/c22-17-14-6-2-3-7-15(14)18(23)19(16(17)20-8-4-1-5-9-20)27(24,25)21-10-12-26-13-11-21/h2-3,6-7H,1,4-5,8-13H2. The number of fused-ring (bicyclic) bond motifs is 1. The first-order valence-corrected chi connectivity index (χ1v) is 10.7. The van der Waals surface area contributed by atoms with Gasteiger partial charge < -0.3 is 9.64 Å². The molecule has 3 aliphatic rings. The van der Waals surface area contributed by atoms with Gasteiger partial charge in [-0.3, -0.25) is 9.59 Å². The number of hydrogen-bond acceptors (Lipinski definition) is 6. The predicted molar refractivity (Wildman–Crippen MR) is 98.9 cm³/mol. The maximum absolute atomic E-state index is 13.4. The van der Waals surface area contributed by atoms with E-state index in [-0.39, 0.29) is 53.8 Å². The molecule has 0 radical (unpaired) electrons. The molecule has 1 aromatic carbocycles. The molecule has 0 atom stereocenters. The number of piperidine rings is 1. The fourth-order valence-corrected chi connectivity index (χ4v) is 5.60. The van der Waals surface area contributed by atoms with E-state index in [4.69, 9.17) is 4.74 Å². The summed E-state index contributed by atoms with van der Waals surface area (Å²) in [4.78, 5) is 27.9. The lowest BCUT2D eigenvalue weighted by molar-refractivity contribution is 0.0730. The molecular formula is C19H22N2O5S. The van der Waals surface area contributed by atoms with Crippen molar-refractivity contribution >= 4 is 21.6 Å². The SMILES string of the molecule is O=C1C(N2CCCCC2)=C(S(=O)(=O)N2CCOCC2)C(=O)c2ccccc21. The molecule has 4 rings (SSSR count). The van der Waals surface area contributed by atoms with E-state index in [1.807, 2.05) is 0 Å². The fraction of sp³-hybridized carbons (Fsp3) is 0.474. The van der Waals surface area contributed by atoms with Gasteiger partial charge in [0.25, 0.3) is 0 Å². The van der Waals surface area contributed by atoms with Crippen molar-refractivity contribution in [3.63, 3.8) is 0 Å².